The fourth-order valence-electron chi connectivity index (χ4n) is 3.47. The first kappa shape index (κ1) is 16.4. The van der Waals surface area contributed by atoms with Crippen LogP contribution in [0.4, 0.5) is 0 Å². The Morgan fingerprint density at radius 1 is 1.25 bits per heavy atom. The number of nitrogens with zero attached hydrogens (tertiary/aromatic N) is 1. The smallest absolute Gasteiger partial charge is 0.100 e. The van der Waals surface area contributed by atoms with Gasteiger partial charge in [-0.1, -0.05) is 41.4 Å². The van der Waals surface area contributed by atoms with Gasteiger partial charge in [-0.25, -0.2) is 0 Å². The highest BCUT2D eigenvalue weighted by molar-refractivity contribution is 6.42. The number of quaternary nitrogens is 1. The molecule has 0 aliphatic carbocycles. The van der Waals surface area contributed by atoms with Gasteiger partial charge in [-0.15, -0.1) is 0 Å². The first-order valence-corrected chi connectivity index (χ1v) is 7.78. The van der Waals surface area contributed by atoms with Crippen LogP contribution in [0.1, 0.15) is 18.4 Å². The lowest BCUT2D eigenvalue weighted by Crippen LogP contribution is -3.00. The molecule has 1 nitrogen and oxygen atoms in total. The predicted octanol–water partition coefficient (Wildman–Crippen LogP) is 1.34. The molecule has 4 rings (SSSR count). The van der Waals surface area contributed by atoms with Crippen LogP contribution in [-0.4, -0.2) is 31.2 Å². The summed E-state index contributed by atoms with van der Waals surface area (Å²) in [5.74, 6) is 0.818. The van der Waals surface area contributed by atoms with Gasteiger partial charge in [0.25, 0.3) is 0 Å². The van der Waals surface area contributed by atoms with Crippen molar-refractivity contribution in [1.29, 1.82) is 0 Å². The minimum Gasteiger partial charge on any atom is -1.00 e. The van der Waals surface area contributed by atoms with E-state index in [0.29, 0.717) is 10.0 Å². The van der Waals surface area contributed by atoms with Crippen LogP contribution in [0.25, 0.3) is 0 Å². The highest BCUT2D eigenvalue weighted by atomic mass is 79.9. The predicted molar refractivity (Wildman–Crippen MR) is 81.8 cm³/mol. The van der Waals surface area contributed by atoms with Gasteiger partial charge in [0.1, 0.15) is 6.54 Å². The second-order valence-electron chi connectivity index (χ2n) is 6.20. The topological polar surface area (TPSA) is 0 Å². The van der Waals surface area contributed by atoms with E-state index in [0.717, 1.165) is 17.9 Å². The normalized spacial score (nSPS) is 30.4. The van der Waals surface area contributed by atoms with Crippen LogP contribution >= 0.6 is 23.2 Å². The lowest BCUT2D eigenvalue weighted by Gasteiger charge is -2.48. The number of fused-ring (bicyclic) bond motifs is 3. The summed E-state index contributed by atoms with van der Waals surface area (Å²) in [5.41, 5.74) is 2.77. The third kappa shape index (κ3) is 3.24. The molecule has 0 aromatic heterocycles. The van der Waals surface area contributed by atoms with E-state index in [9.17, 15) is 0 Å². The van der Waals surface area contributed by atoms with Gasteiger partial charge in [-0.05, 0) is 29.5 Å². The number of hydrogen-bond donors (Lipinski definition) is 0. The van der Waals surface area contributed by atoms with Crippen LogP contribution in [0, 0.1) is 5.92 Å². The van der Waals surface area contributed by atoms with Crippen LogP contribution in [-0.2, 0) is 6.42 Å². The average molecular weight is 377 g/mol. The number of rotatable bonds is 2. The van der Waals surface area contributed by atoms with Crippen molar-refractivity contribution in [2.75, 3.05) is 26.7 Å². The summed E-state index contributed by atoms with van der Waals surface area (Å²) >= 11 is 12.3. The fraction of sp³-hybridized carbons (Fsp3) is 0.500. The molecule has 4 heteroatoms. The van der Waals surface area contributed by atoms with Crippen LogP contribution < -0.4 is 17.0 Å². The Morgan fingerprint density at radius 2 is 1.95 bits per heavy atom. The Labute approximate surface area is 141 Å². The quantitative estimate of drug-likeness (QED) is 0.539. The molecule has 110 valence electrons. The van der Waals surface area contributed by atoms with E-state index < -0.39 is 0 Å². The van der Waals surface area contributed by atoms with Crippen molar-refractivity contribution in [1.82, 2.24) is 0 Å². The first-order chi connectivity index (χ1) is 9.07. The summed E-state index contributed by atoms with van der Waals surface area (Å²) in [7, 11) is 2.38. The second-order valence-corrected chi connectivity index (χ2v) is 6.98. The maximum absolute atomic E-state index is 6.25. The van der Waals surface area contributed by atoms with Gasteiger partial charge in [0.2, 0.25) is 0 Å². The van der Waals surface area contributed by atoms with Crippen LogP contribution in [0.2, 0.25) is 10.0 Å². The lowest BCUT2D eigenvalue weighted by atomic mass is 9.81. The van der Waals surface area contributed by atoms with Crippen LogP contribution in [0.3, 0.4) is 0 Å². The molecule has 0 unspecified atom stereocenters. The molecule has 0 spiro atoms. The van der Waals surface area contributed by atoms with Crippen molar-refractivity contribution in [3.63, 3.8) is 0 Å². The average Bonchev–Trinajstić information content (AvgIpc) is 2.41. The molecular weight excluding hydrogens is 357 g/mol. The molecule has 3 fully saturated rings. The van der Waals surface area contributed by atoms with E-state index in [1.165, 1.54) is 37.0 Å². The Kier molecular flexibility index (Phi) is 5.23. The number of likely N-dealkylation sites (N-methyl/N-ethyl adjacent to an activating group) is 1. The van der Waals surface area contributed by atoms with Gasteiger partial charge >= 0.3 is 0 Å². The van der Waals surface area contributed by atoms with Gasteiger partial charge in [0.05, 0.1) is 30.2 Å². The molecule has 3 heterocycles. The third-order valence-corrected chi connectivity index (χ3v) is 5.60. The molecule has 1 aromatic rings. The van der Waals surface area contributed by atoms with Crippen LogP contribution in [0.5, 0.6) is 0 Å². The zero-order chi connectivity index (χ0) is 13.5. The van der Waals surface area contributed by atoms with E-state index in [2.05, 4.69) is 19.2 Å². The Bertz CT molecular complexity index is 519. The molecule has 0 saturated carbocycles. The minimum atomic E-state index is 0. The fourth-order valence-corrected chi connectivity index (χ4v) is 3.87. The number of allylic oxidation sites excluding steroid dienone is 1. The highest BCUT2D eigenvalue weighted by Gasteiger charge is 2.39. The van der Waals surface area contributed by atoms with Crippen LogP contribution in [0.15, 0.2) is 29.8 Å². The molecule has 3 aliphatic heterocycles. The van der Waals surface area contributed by atoms with Gasteiger partial charge in [-0.3, -0.25) is 0 Å². The van der Waals surface area contributed by atoms with E-state index in [1.807, 2.05) is 12.1 Å². The zero-order valence-electron chi connectivity index (χ0n) is 11.7. The van der Waals surface area contributed by atoms with Gasteiger partial charge in [-0.2, -0.15) is 0 Å². The maximum atomic E-state index is 6.25. The van der Waals surface area contributed by atoms with E-state index in [-0.39, 0.29) is 17.0 Å². The van der Waals surface area contributed by atoms with Crippen molar-refractivity contribution < 1.29 is 21.5 Å². The molecule has 1 aromatic carbocycles. The number of benzene rings is 1. The minimum absolute atomic E-state index is 0. The summed E-state index contributed by atoms with van der Waals surface area (Å²) in [6.45, 7) is 3.92. The number of hydrogen-bond acceptors (Lipinski definition) is 0. The Balaban J connectivity index is 0.00000147. The number of piperidine rings is 3. The number of halogens is 3. The molecular formula is C16H20BrCl2N. The summed E-state index contributed by atoms with van der Waals surface area (Å²) in [4.78, 5) is 0. The monoisotopic (exact) mass is 375 g/mol. The SMILES string of the molecule is C[N+]12CCC(CC1)/C(=C/Cc1cccc(Cl)c1Cl)C2.[Br-]. The highest BCUT2D eigenvalue weighted by Crippen LogP contribution is 2.36. The Morgan fingerprint density at radius 3 is 2.60 bits per heavy atom. The zero-order valence-corrected chi connectivity index (χ0v) is 14.8. The van der Waals surface area contributed by atoms with E-state index >= 15 is 0 Å². The summed E-state index contributed by atoms with van der Waals surface area (Å²) in [6.07, 6.45) is 6.01. The van der Waals surface area contributed by atoms with Crippen molar-refractivity contribution in [3.05, 3.63) is 45.5 Å². The first-order valence-electron chi connectivity index (χ1n) is 7.03. The Hall–Kier alpha value is -0.0200. The molecule has 0 N–H and O–H groups in total. The molecule has 0 amide bonds. The maximum Gasteiger partial charge on any atom is 0.100 e. The third-order valence-electron chi connectivity index (χ3n) is 4.74. The summed E-state index contributed by atoms with van der Waals surface area (Å²) in [5, 5.41) is 1.37. The van der Waals surface area contributed by atoms with E-state index in [4.69, 9.17) is 23.2 Å². The standard InChI is InChI=1S/C16H20Cl2N.BrH/c1-19-9-7-12(8-10-19)14(11-19)6-5-13-3-2-4-15(17)16(13)18;/h2-4,6,12H,5,7-11H2,1H3;1H/q+1;/p-1/b14-6+;. The van der Waals surface area contributed by atoms with Gasteiger partial charge in [0.15, 0.2) is 0 Å². The molecule has 0 radical (unpaired) electrons. The van der Waals surface area contributed by atoms with Gasteiger partial charge < -0.3 is 21.5 Å². The summed E-state index contributed by atoms with van der Waals surface area (Å²) in [6, 6.07) is 5.90. The van der Waals surface area contributed by atoms with Crippen molar-refractivity contribution in [2.24, 2.45) is 5.92 Å². The lowest BCUT2D eigenvalue weighted by molar-refractivity contribution is -0.917. The largest absolute Gasteiger partial charge is 1.00 e. The molecule has 3 aliphatic rings. The molecule has 0 atom stereocenters. The second kappa shape index (κ2) is 6.39. The van der Waals surface area contributed by atoms with Crippen molar-refractivity contribution >= 4 is 23.2 Å². The summed E-state index contributed by atoms with van der Waals surface area (Å²) < 4.78 is 1.23. The van der Waals surface area contributed by atoms with Crippen molar-refractivity contribution in [3.8, 4) is 0 Å². The van der Waals surface area contributed by atoms with Crippen molar-refractivity contribution in [2.45, 2.75) is 19.3 Å². The molecule has 20 heavy (non-hydrogen) atoms. The molecule has 3 saturated heterocycles. The van der Waals surface area contributed by atoms with Gasteiger partial charge in [0, 0.05) is 12.8 Å². The van der Waals surface area contributed by atoms with E-state index in [1.54, 1.807) is 5.57 Å². The molecule has 2 bridgehead atoms.